The Morgan fingerprint density at radius 2 is 2.20 bits per heavy atom. The minimum Gasteiger partial charge on any atom is -0.496 e. The molecule has 3 aromatic rings. The number of aromatic nitrogens is 1. The second-order valence-electron chi connectivity index (χ2n) is 4.41. The quantitative estimate of drug-likeness (QED) is 0.571. The first kappa shape index (κ1) is 13.1. The second-order valence-corrected chi connectivity index (χ2v) is 5.36. The standard InChI is InChI=1S/C15H15N3OS/c1-19-13-6-8-20-15(13)14(18-16)11-4-5-12-10(9-11)3-2-7-17-12/h2-9,14,18H,16H2,1H3. The third-order valence-electron chi connectivity index (χ3n) is 3.27. The van der Waals surface area contributed by atoms with Crippen molar-refractivity contribution in [2.45, 2.75) is 6.04 Å². The van der Waals surface area contributed by atoms with E-state index in [1.165, 1.54) is 0 Å². The summed E-state index contributed by atoms with van der Waals surface area (Å²) in [4.78, 5) is 5.40. The van der Waals surface area contributed by atoms with Crippen LogP contribution >= 0.6 is 11.3 Å². The van der Waals surface area contributed by atoms with E-state index >= 15 is 0 Å². The summed E-state index contributed by atoms with van der Waals surface area (Å²) in [6.45, 7) is 0. The van der Waals surface area contributed by atoms with Gasteiger partial charge in [0.1, 0.15) is 5.75 Å². The summed E-state index contributed by atoms with van der Waals surface area (Å²) < 4.78 is 5.38. The smallest absolute Gasteiger partial charge is 0.134 e. The molecule has 1 unspecified atom stereocenters. The minimum atomic E-state index is -0.0884. The molecule has 20 heavy (non-hydrogen) atoms. The van der Waals surface area contributed by atoms with Crippen molar-refractivity contribution in [3.8, 4) is 5.75 Å². The van der Waals surface area contributed by atoms with Crippen molar-refractivity contribution in [1.82, 2.24) is 10.4 Å². The van der Waals surface area contributed by atoms with E-state index in [1.807, 2.05) is 35.7 Å². The Morgan fingerprint density at radius 1 is 1.30 bits per heavy atom. The van der Waals surface area contributed by atoms with E-state index in [1.54, 1.807) is 24.6 Å². The zero-order valence-corrected chi connectivity index (χ0v) is 11.9. The highest BCUT2D eigenvalue weighted by Gasteiger charge is 2.18. The van der Waals surface area contributed by atoms with Crippen molar-refractivity contribution >= 4 is 22.2 Å². The van der Waals surface area contributed by atoms with Gasteiger partial charge >= 0.3 is 0 Å². The summed E-state index contributed by atoms with van der Waals surface area (Å²) in [5.74, 6) is 6.60. The molecule has 2 aromatic heterocycles. The first-order valence-corrected chi connectivity index (χ1v) is 7.13. The van der Waals surface area contributed by atoms with Crippen molar-refractivity contribution in [1.29, 1.82) is 0 Å². The average molecular weight is 285 g/mol. The molecule has 1 aromatic carbocycles. The number of pyridine rings is 1. The third-order valence-corrected chi connectivity index (χ3v) is 4.23. The maximum absolute atomic E-state index is 5.75. The van der Waals surface area contributed by atoms with Gasteiger partial charge in [-0.1, -0.05) is 12.1 Å². The van der Waals surface area contributed by atoms with Crippen LogP contribution in [0.25, 0.3) is 10.9 Å². The number of thiophene rings is 1. The molecule has 1 atom stereocenters. The third kappa shape index (κ3) is 2.27. The fourth-order valence-electron chi connectivity index (χ4n) is 2.29. The molecule has 0 saturated heterocycles. The normalized spacial score (nSPS) is 12.5. The van der Waals surface area contributed by atoms with Crippen molar-refractivity contribution < 1.29 is 4.74 Å². The summed E-state index contributed by atoms with van der Waals surface area (Å²) in [6, 6.07) is 12.0. The van der Waals surface area contributed by atoms with Crippen LogP contribution in [-0.2, 0) is 0 Å². The highest BCUT2D eigenvalue weighted by Crippen LogP contribution is 2.34. The van der Waals surface area contributed by atoms with Crippen LogP contribution < -0.4 is 16.0 Å². The van der Waals surface area contributed by atoms with E-state index in [0.717, 1.165) is 27.1 Å². The Morgan fingerprint density at radius 3 is 3.00 bits per heavy atom. The summed E-state index contributed by atoms with van der Waals surface area (Å²) in [5.41, 5.74) is 4.94. The van der Waals surface area contributed by atoms with Crippen LogP contribution in [0.2, 0.25) is 0 Å². The highest BCUT2D eigenvalue weighted by atomic mass is 32.1. The molecule has 0 saturated carbocycles. The Bertz CT molecular complexity index is 726. The van der Waals surface area contributed by atoms with Gasteiger partial charge in [-0.05, 0) is 35.2 Å². The maximum Gasteiger partial charge on any atom is 0.134 e. The van der Waals surface area contributed by atoms with Gasteiger partial charge in [-0.25, -0.2) is 5.43 Å². The van der Waals surface area contributed by atoms with Gasteiger partial charge in [-0.3, -0.25) is 10.8 Å². The van der Waals surface area contributed by atoms with Crippen LogP contribution in [0.1, 0.15) is 16.5 Å². The van der Waals surface area contributed by atoms with Gasteiger partial charge in [0.05, 0.1) is 23.5 Å². The van der Waals surface area contributed by atoms with E-state index in [4.69, 9.17) is 10.6 Å². The van der Waals surface area contributed by atoms with Gasteiger partial charge in [0.25, 0.3) is 0 Å². The molecule has 5 heteroatoms. The molecule has 0 fully saturated rings. The molecule has 4 nitrogen and oxygen atoms in total. The first-order valence-electron chi connectivity index (χ1n) is 6.25. The van der Waals surface area contributed by atoms with Crippen LogP contribution in [0.5, 0.6) is 5.75 Å². The van der Waals surface area contributed by atoms with Crippen LogP contribution in [0.15, 0.2) is 48.0 Å². The fourth-order valence-corrected chi connectivity index (χ4v) is 3.23. The number of benzene rings is 1. The number of ether oxygens (including phenoxy) is 1. The molecule has 0 amide bonds. The molecule has 0 bridgehead atoms. The maximum atomic E-state index is 5.75. The Balaban J connectivity index is 2.07. The van der Waals surface area contributed by atoms with Crippen LogP contribution in [-0.4, -0.2) is 12.1 Å². The zero-order valence-electron chi connectivity index (χ0n) is 11.0. The van der Waals surface area contributed by atoms with Crippen LogP contribution in [0, 0.1) is 0 Å². The topological polar surface area (TPSA) is 60.2 Å². The van der Waals surface area contributed by atoms with Gasteiger partial charge < -0.3 is 4.74 Å². The molecule has 3 N–H and O–H groups in total. The zero-order chi connectivity index (χ0) is 13.9. The van der Waals surface area contributed by atoms with Gasteiger partial charge in [-0.15, -0.1) is 11.3 Å². The van der Waals surface area contributed by atoms with Gasteiger partial charge in [0, 0.05) is 11.6 Å². The molecular formula is C15H15N3OS. The second kappa shape index (κ2) is 5.58. The van der Waals surface area contributed by atoms with E-state index in [9.17, 15) is 0 Å². The Labute approximate surface area is 121 Å². The summed E-state index contributed by atoms with van der Waals surface area (Å²) >= 11 is 1.62. The molecule has 2 heterocycles. The first-order chi connectivity index (χ1) is 9.83. The van der Waals surface area contributed by atoms with E-state index in [0.29, 0.717) is 0 Å². The summed E-state index contributed by atoms with van der Waals surface area (Å²) in [6.07, 6.45) is 1.79. The van der Waals surface area contributed by atoms with Crippen molar-refractivity contribution in [3.63, 3.8) is 0 Å². The van der Waals surface area contributed by atoms with E-state index < -0.39 is 0 Å². The predicted octanol–water partition coefficient (Wildman–Crippen LogP) is 2.86. The summed E-state index contributed by atoms with van der Waals surface area (Å²) in [7, 11) is 1.67. The van der Waals surface area contributed by atoms with E-state index in [2.05, 4.69) is 16.5 Å². The number of rotatable bonds is 4. The lowest BCUT2D eigenvalue weighted by atomic mass is 10.0. The van der Waals surface area contributed by atoms with Gasteiger partial charge in [0.2, 0.25) is 0 Å². The van der Waals surface area contributed by atoms with Crippen molar-refractivity contribution in [2.24, 2.45) is 5.84 Å². The molecular weight excluding hydrogens is 270 g/mol. The SMILES string of the molecule is COc1ccsc1C(NN)c1ccc2ncccc2c1. The lowest BCUT2D eigenvalue weighted by Crippen LogP contribution is -2.28. The lowest BCUT2D eigenvalue weighted by molar-refractivity contribution is 0.408. The number of fused-ring (bicyclic) bond motifs is 1. The number of hydrogen-bond donors (Lipinski definition) is 2. The van der Waals surface area contributed by atoms with Gasteiger partial charge in [-0.2, -0.15) is 0 Å². The molecule has 0 spiro atoms. The molecule has 0 aliphatic heterocycles. The Hall–Kier alpha value is -1.95. The average Bonchev–Trinajstić information content (AvgIpc) is 2.96. The largest absolute Gasteiger partial charge is 0.496 e. The van der Waals surface area contributed by atoms with Crippen LogP contribution in [0.3, 0.4) is 0 Å². The van der Waals surface area contributed by atoms with Crippen LogP contribution in [0.4, 0.5) is 0 Å². The number of hydrazine groups is 1. The minimum absolute atomic E-state index is 0.0884. The molecule has 0 aliphatic carbocycles. The lowest BCUT2D eigenvalue weighted by Gasteiger charge is -2.17. The molecule has 102 valence electrons. The van der Waals surface area contributed by atoms with Gasteiger partial charge in [0.15, 0.2) is 0 Å². The predicted molar refractivity (Wildman–Crippen MR) is 81.8 cm³/mol. The molecule has 0 radical (unpaired) electrons. The van der Waals surface area contributed by atoms with E-state index in [-0.39, 0.29) is 6.04 Å². The van der Waals surface area contributed by atoms with Crippen molar-refractivity contribution in [3.05, 3.63) is 58.4 Å². The number of nitrogens with two attached hydrogens (primary N) is 1. The number of nitrogens with zero attached hydrogens (tertiary/aromatic N) is 1. The number of hydrogen-bond acceptors (Lipinski definition) is 5. The number of nitrogens with one attached hydrogen (secondary N) is 1. The monoisotopic (exact) mass is 285 g/mol. The summed E-state index contributed by atoms with van der Waals surface area (Å²) in [5, 5.41) is 3.10. The highest BCUT2D eigenvalue weighted by molar-refractivity contribution is 7.10. The van der Waals surface area contributed by atoms with Crippen molar-refractivity contribution in [2.75, 3.05) is 7.11 Å². The fraction of sp³-hybridized carbons (Fsp3) is 0.133. The molecule has 0 aliphatic rings. The number of methoxy groups -OCH3 is 1. The molecule has 3 rings (SSSR count). The Kier molecular flexibility index (Phi) is 3.64.